The zero-order chi connectivity index (χ0) is 13.0. The fourth-order valence-electron chi connectivity index (χ4n) is 2.12. The van der Waals surface area contributed by atoms with Crippen LogP contribution in [0.1, 0.15) is 23.9 Å². The van der Waals surface area contributed by atoms with Crippen LogP contribution in [0.15, 0.2) is 22.8 Å². The number of hydrogen-bond donors (Lipinski definition) is 1. The van der Waals surface area contributed by atoms with Crippen LogP contribution >= 0.6 is 0 Å². The van der Waals surface area contributed by atoms with Crippen molar-refractivity contribution in [3.8, 4) is 0 Å². The summed E-state index contributed by atoms with van der Waals surface area (Å²) in [5.41, 5.74) is 0. The molecule has 1 aromatic heterocycles. The molecule has 5 heteroatoms. The molecule has 1 saturated heterocycles. The van der Waals surface area contributed by atoms with Crippen molar-refractivity contribution in [2.75, 3.05) is 32.7 Å². The van der Waals surface area contributed by atoms with Crippen molar-refractivity contribution in [3.63, 3.8) is 0 Å². The lowest BCUT2D eigenvalue weighted by molar-refractivity contribution is 0.0500. The predicted molar refractivity (Wildman–Crippen MR) is 67.3 cm³/mol. The number of rotatable bonds is 4. The highest BCUT2D eigenvalue weighted by molar-refractivity contribution is 5.91. The predicted octanol–water partition coefficient (Wildman–Crippen LogP) is 0.808. The van der Waals surface area contributed by atoms with Crippen molar-refractivity contribution >= 4 is 5.91 Å². The number of carbonyl (C=O) groups is 1. The summed E-state index contributed by atoms with van der Waals surface area (Å²) >= 11 is 0. The van der Waals surface area contributed by atoms with Crippen LogP contribution in [0.5, 0.6) is 0 Å². The quantitative estimate of drug-likeness (QED) is 0.861. The Bertz CT molecular complexity index is 370. The largest absolute Gasteiger partial charge is 0.459 e. The standard InChI is InChI=1S/C13H20N2O3/c1-2-11(16)10-14-5-7-15(8-6-14)13(17)12-4-3-9-18-12/h3-4,9,11,16H,2,5-8,10H2,1H3. The van der Waals surface area contributed by atoms with E-state index >= 15 is 0 Å². The SMILES string of the molecule is CCC(O)CN1CCN(C(=O)c2ccco2)CC1. The molecule has 1 unspecified atom stereocenters. The molecule has 0 radical (unpaired) electrons. The van der Waals surface area contributed by atoms with Crippen LogP contribution in [0.3, 0.4) is 0 Å². The van der Waals surface area contributed by atoms with Crippen LogP contribution in [-0.2, 0) is 0 Å². The second kappa shape index (κ2) is 6.02. The summed E-state index contributed by atoms with van der Waals surface area (Å²) in [4.78, 5) is 16.0. The van der Waals surface area contributed by atoms with E-state index in [1.54, 1.807) is 17.0 Å². The summed E-state index contributed by atoms with van der Waals surface area (Å²) in [5.74, 6) is 0.354. The highest BCUT2D eigenvalue weighted by Gasteiger charge is 2.24. The zero-order valence-electron chi connectivity index (χ0n) is 10.7. The summed E-state index contributed by atoms with van der Waals surface area (Å²) in [5, 5.41) is 9.60. The first kappa shape index (κ1) is 13.1. The van der Waals surface area contributed by atoms with E-state index in [1.807, 2.05) is 6.92 Å². The molecule has 0 spiro atoms. The highest BCUT2D eigenvalue weighted by Crippen LogP contribution is 2.09. The van der Waals surface area contributed by atoms with Gasteiger partial charge in [-0.2, -0.15) is 0 Å². The van der Waals surface area contributed by atoms with Crippen LogP contribution in [0.2, 0.25) is 0 Å². The molecule has 5 nitrogen and oxygen atoms in total. The number of aliphatic hydroxyl groups is 1. The van der Waals surface area contributed by atoms with E-state index < -0.39 is 0 Å². The van der Waals surface area contributed by atoms with Crippen molar-refractivity contribution in [1.82, 2.24) is 9.80 Å². The molecule has 18 heavy (non-hydrogen) atoms. The Labute approximate surface area is 107 Å². The van der Waals surface area contributed by atoms with Gasteiger partial charge in [0.15, 0.2) is 5.76 Å². The molecule has 2 rings (SSSR count). The second-order valence-corrected chi connectivity index (χ2v) is 4.63. The molecule has 1 aliphatic rings. The van der Waals surface area contributed by atoms with Gasteiger partial charge in [-0.3, -0.25) is 9.69 Å². The van der Waals surface area contributed by atoms with Gasteiger partial charge in [0.25, 0.3) is 5.91 Å². The minimum absolute atomic E-state index is 0.0457. The van der Waals surface area contributed by atoms with Crippen molar-refractivity contribution in [2.24, 2.45) is 0 Å². The van der Waals surface area contributed by atoms with Gasteiger partial charge in [0.05, 0.1) is 12.4 Å². The van der Waals surface area contributed by atoms with Crippen molar-refractivity contribution in [3.05, 3.63) is 24.2 Å². The van der Waals surface area contributed by atoms with E-state index in [2.05, 4.69) is 4.90 Å². The Morgan fingerprint density at radius 3 is 2.72 bits per heavy atom. The number of piperazine rings is 1. The molecular weight excluding hydrogens is 232 g/mol. The van der Waals surface area contributed by atoms with Gasteiger partial charge in [-0.25, -0.2) is 0 Å². The van der Waals surface area contributed by atoms with E-state index in [-0.39, 0.29) is 12.0 Å². The lowest BCUT2D eigenvalue weighted by Crippen LogP contribution is -2.50. The number of aliphatic hydroxyl groups excluding tert-OH is 1. The maximum atomic E-state index is 12.0. The van der Waals surface area contributed by atoms with Crippen LogP contribution in [0, 0.1) is 0 Å². The molecule has 1 amide bonds. The van der Waals surface area contributed by atoms with E-state index in [1.165, 1.54) is 6.26 Å². The normalized spacial score (nSPS) is 18.9. The maximum absolute atomic E-state index is 12.0. The minimum atomic E-state index is -0.266. The number of hydrogen-bond acceptors (Lipinski definition) is 4. The minimum Gasteiger partial charge on any atom is -0.459 e. The first-order valence-electron chi connectivity index (χ1n) is 6.44. The van der Waals surface area contributed by atoms with Crippen molar-refractivity contribution in [2.45, 2.75) is 19.4 Å². The Kier molecular flexibility index (Phi) is 4.38. The highest BCUT2D eigenvalue weighted by atomic mass is 16.3. The second-order valence-electron chi connectivity index (χ2n) is 4.63. The molecule has 1 N–H and O–H groups in total. The molecule has 0 aliphatic carbocycles. The molecule has 1 atom stereocenters. The molecular formula is C13H20N2O3. The summed E-state index contributed by atoms with van der Waals surface area (Å²) in [6, 6.07) is 3.41. The maximum Gasteiger partial charge on any atom is 0.289 e. The van der Waals surface area contributed by atoms with Gasteiger partial charge >= 0.3 is 0 Å². The van der Waals surface area contributed by atoms with Gasteiger partial charge in [-0.1, -0.05) is 6.92 Å². The van der Waals surface area contributed by atoms with Crippen molar-refractivity contribution in [1.29, 1.82) is 0 Å². The van der Waals surface area contributed by atoms with Gasteiger partial charge in [0, 0.05) is 32.7 Å². The number of amides is 1. The third-order valence-electron chi connectivity index (χ3n) is 3.33. The molecule has 0 saturated carbocycles. The van der Waals surface area contributed by atoms with Gasteiger partial charge in [0.1, 0.15) is 0 Å². The summed E-state index contributed by atoms with van der Waals surface area (Å²) in [6.45, 7) is 5.67. The topological polar surface area (TPSA) is 56.9 Å². The monoisotopic (exact) mass is 252 g/mol. The van der Waals surface area contributed by atoms with E-state index in [0.29, 0.717) is 25.4 Å². The van der Waals surface area contributed by atoms with Crippen LogP contribution < -0.4 is 0 Å². The van der Waals surface area contributed by atoms with E-state index in [0.717, 1.165) is 19.5 Å². The Balaban J connectivity index is 1.81. The molecule has 0 bridgehead atoms. The lowest BCUT2D eigenvalue weighted by atomic mass is 10.2. The van der Waals surface area contributed by atoms with Crippen LogP contribution in [-0.4, -0.2) is 59.6 Å². The number of carbonyl (C=O) groups excluding carboxylic acids is 1. The Morgan fingerprint density at radius 1 is 1.44 bits per heavy atom. The van der Waals surface area contributed by atoms with Gasteiger partial charge in [-0.05, 0) is 18.6 Å². The lowest BCUT2D eigenvalue weighted by Gasteiger charge is -2.35. The van der Waals surface area contributed by atoms with Gasteiger partial charge in [0.2, 0.25) is 0 Å². The molecule has 0 aromatic carbocycles. The molecule has 1 aromatic rings. The Morgan fingerprint density at radius 2 is 2.17 bits per heavy atom. The Hall–Kier alpha value is -1.33. The van der Waals surface area contributed by atoms with Crippen molar-refractivity contribution < 1.29 is 14.3 Å². The fraction of sp³-hybridized carbons (Fsp3) is 0.615. The average molecular weight is 252 g/mol. The third-order valence-corrected chi connectivity index (χ3v) is 3.33. The number of β-amino-alcohol motifs (C(OH)–C–C–N with tert-alkyl or cyclic N) is 1. The summed E-state index contributed by atoms with van der Waals surface area (Å²) in [7, 11) is 0. The molecule has 1 fully saturated rings. The zero-order valence-corrected chi connectivity index (χ0v) is 10.7. The summed E-state index contributed by atoms with van der Waals surface area (Å²) in [6.07, 6.45) is 2.02. The van der Waals surface area contributed by atoms with Crippen LogP contribution in [0.25, 0.3) is 0 Å². The molecule has 2 heterocycles. The first-order valence-corrected chi connectivity index (χ1v) is 6.44. The number of furan rings is 1. The average Bonchev–Trinajstić information content (AvgIpc) is 2.92. The van der Waals surface area contributed by atoms with Gasteiger partial charge < -0.3 is 14.4 Å². The number of nitrogens with zero attached hydrogens (tertiary/aromatic N) is 2. The van der Waals surface area contributed by atoms with Crippen LogP contribution in [0.4, 0.5) is 0 Å². The molecule has 1 aliphatic heterocycles. The smallest absolute Gasteiger partial charge is 0.289 e. The van der Waals surface area contributed by atoms with Gasteiger partial charge in [-0.15, -0.1) is 0 Å². The first-order chi connectivity index (χ1) is 8.70. The fourth-order valence-corrected chi connectivity index (χ4v) is 2.12. The molecule has 100 valence electrons. The third kappa shape index (κ3) is 3.11. The van der Waals surface area contributed by atoms with E-state index in [4.69, 9.17) is 4.42 Å². The van der Waals surface area contributed by atoms with E-state index in [9.17, 15) is 9.90 Å². The summed E-state index contributed by atoms with van der Waals surface area (Å²) < 4.78 is 5.11.